The fraction of sp³-hybridized carbons (Fsp3) is 0.600. The van der Waals surface area contributed by atoms with Crippen LogP contribution in [0.3, 0.4) is 0 Å². The van der Waals surface area contributed by atoms with E-state index in [1.165, 1.54) is 12.8 Å². The molecule has 1 saturated carbocycles. The number of carbonyl (C=O) groups excluding carboxylic acids is 2. The van der Waals surface area contributed by atoms with Gasteiger partial charge in [0, 0.05) is 24.7 Å². The van der Waals surface area contributed by atoms with Crippen LogP contribution < -0.4 is 15.4 Å². The number of rotatable bonds is 7. The first kappa shape index (κ1) is 18.7. The molecule has 2 N–H and O–H groups in total. The lowest BCUT2D eigenvalue weighted by Gasteiger charge is -2.21. The van der Waals surface area contributed by atoms with Gasteiger partial charge in [0.05, 0.1) is 13.0 Å². The summed E-state index contributed by atoms with van der Waals surface area (Å²) in [6, 6.07) is 6.94. The quantitative estimate of drug-likeness (QED) is 0.779. The highest BCUT2D eigenvalue weighted by molar-refractivity contribution is 5.95. The zero-order valence-corrected chi connectivity index (χ0v) is 15.5. The van der Waals surface area contributed by atoms with Crippen LogP contribution in [-0.4, -0.2) is 56.0 Å². The summed E-state index contributed by atoms with van der Waals surface area (Å²) in [5.74, 6) is 0.532. The van der Waals surface area contributed by atoms with Gasteiger partial charge in [0.15, 0.2) is 0 Å². The second kappa shape index (κ2) is 9.03. The van der Waals surface area contributed by atoms with Gasteiger partial charge in [-0.15, -0.1) is 0 Å². The average molecular weight is 359 g/mol. The first-order valence-electron chi connectivity index (χ1n) is 9.62. The Morgan fingerprint density at radius 2 is 1.85 bits per heavy atom. The van der Waals surface area contributed by atoms with Gasteiger partial charge >= 0.3 is 0 Å². The summed E-state index contributed by atoms with van der Waals surface area (Å²) in [6.07, 6.45) is 5.18. The number of hydrogen-bond acceptors (Lipinski definition) is 4. The number of nitrogens with one attached hydrogen (secondary N) is 2. The second-order valence-electron chi connectivity index (χ2n) is 7.19. The molecule has 142 valence electrons. The van der Waals surface area contributed by atoms with Crippen LogP contribution in [0.5, 0.6) is 5.75 Å². The predicted octanol–water partition coefficient (Wildman–Crippen LogP) is 1.81. The van der Waals surface area contributed by atoms with Crippen molar-refractivity contribution in [1.82, 2.24) is 15.5 Å². The van der Waals surface area contributed by atoms with Crippen molar-refractivity contribution in [1.29, 1.82) is 0 Å². The van der Waals surface area contributed by atoms with E-state index < -0.39 is 0 Å². The number of methoxy groups -OCH3 is 1. The van der Waals surface area contributed by atoms with Gasteiger partial charge in [0.2, 0.25) is 5.91 Å². The maximum atomic E-state index is 12.5. The van der Waals surface area contributed by atoms with Gasteiger partial charge in [0.1, 0.15) is 5.75 Å². The molecule has 0 unspecified atom stereocenters. The topological polar surface area (TPSA) is 70.7 Å². The third kappa shape index (κ3) is 4.75. The summed E-state index contributed by atoms with van der Waals surface area (Å²) < 4.78 is 5.12. The molecular formula is C20H29N3O3. The van der Waals surface area contributed by atoms with E-state index in [1.807, 2.05) is 0 Å². The Balaban J connectivity index is 1.48. The summed E-state index contributed by atoms with van der Waals surface area (Å²) in [5, 5.41) is 6.11. The highest BCUT2D eigenvalue weighted by atomic mass is 16.5. The molecule has 1 aromatic rings. The Kier molecular flexibility index (Phi) is 6.50. The minimum Gasteiger partial charge on any atom is -0.497 e. The molecule has 0 spiro atoms. The van der Waals surface area contributed by atoms with E-state index in [4.69, 9.17) is 4.74 Å². The molecule has 2 atom stereocenters. The van der Waals surface area contributed by atoms with E-state index in [1.54, 1.807) is 31.4 Å². The lowest BCUT2D eigenvalue weighted by atomic mass is 10.0. The molecule has 6 heteroatoms. The number of carbonyl (C=O) groups is 2. The van der Waals surface area contributed by atoms with Gasteiger partial charge in [0.25, 0.3) is 5.91 Å². The Labute approximate surface area is 155 Å². The zero-order valence-electron chi connectivity index (χ0n) is 15.5. The smallest absolute Gasteiger partial charge is 0.251 e. The Bertz CT molecular complexity index is 611. The van der Waals surface area contributed by atoms with E-state index in [-0.39, 0.29) is 23.8 Å². The van der Waals surface area contributed by atoms with Crippen molar-refractivity contribution in [3.63, 3.8) is 0 Å². The maximum Gasteiger partial charge on any atom is 0.251 e. The van der Waals surface area contributed by atoms with Gasteiger partial charge in [-0.05, 0) is 63.0 Å². The standard InChI is InChI=1S/C20H29N3O3/c1-26-16-9-7-15(8-10-16)19(24)22-18-6-4-5-17(18)20(25)21-11-14-23-12-2-3-13-23/h7-10,17-18H,2-6,11-14H2,1H3,(H,21,25)(H,22,24)/t17-,18+/m0/s1. The van der Waals surface area contributed by atoms with Crippen LogP contribution in [0.25, 0.3) is 0 Å². The Morgan fingerprint density at radius 3 is 2.54 bits per heavy atom. The molecule has 0 bridgehead atoms. The molecule has 2 fully saturated rings. The minimum atomic E-state index is -0.130. The highest BCUT2D eigenvalue weighted by Gasteiger charge is 2.34. The van der Waals surface area contributed by atoms with Crippen LogP contribution in [0, 0.1) is 5.92 Å². The molecule has 6 nitrogen and oxygen atoms in total. The van der Waals surface area contributed by atoms with E-state index in [9.17, 15) is 9.59 Å². The molecule has 2 aliphatic rings. The molecule has 1 heterocycles. The third-order valence-corrected chi connectivity index (χ3v) is 5.45. The minimum absolute atomic E-state index is 0.0710. The van der Waals surface area contributed by atoms with Crippen LogP contribution >= 0.6 is 0 Å². The van der Waals surface area contributed by atoms with Crippen LogP contribution in [0.4, 0.5) is 0 Å². The number of benzene rings is 1. The predicted molar refractivity (Wildman–Crippen MR) is 100 cm³/mol. The van der Waals surface area contributed by atoms with E-state index in [2.05, 4.69) is 15.5 Å². The molecule has 1 aromatic carbocycles. The van der Waals surface area contributed by atoms with Gasteiger partial charge < -0.3 is 20.3 Å². The molecule has 1 aliphatic heterocycles. The lowest BCUT2D eigenvalue weighted by Crippen LogP contribution is -2.45. The number of nitrogens with zero attached hydrogens (tertiary/aromatic N) is 1. The van der Waals surface area contributed by atoms with E-state index in [0.717, 1.165) is 44.6 Å². The Morgan fingerprint density at radius 1 is 1.12 bits per heavy atom. The summed E-state index contributed by atoms with van der Waals surface area (Å²) >= 11 is 0. The van der Waals surface area contributed by atoms with Crippen molar-refractivity contribution >= 4 is 11.8 Å². The molecule has 0 aromatic heterocycles. The molecule has 2 amide bonds. The number of ether oxygens (including phenoxy) is 1. The largest absolute Gasteiger partial charge is 0.497 e. The van der Waals surface area contributed by atoms with Gasteiger partial charge in [-0.2, -0.15) is 0 Å². The zero-order chi connectivity index (χ0) is 18.4. The van der Waals surface area contributed by atoms with Crippen LogP contribution in [0.1, 0.15) is 42.5 Å². The fourth-order valence-corrected chi connectivity index (χ4v) is 3.92. The molecule has 1 aliphatic carbocycles. The monoisotopic (exact) mass is 359 g/mol. The summed E-state index contributed by atoms with van der Waals surface area (Å²) in [7, 11) is 1.60. The summed E-state index contributed by atoms with van der Waals surface area (Å²) in [4.78, 5) is 27.4. The summed E-state index contributed by atoms with van der Waals surface area (Å²) in [6.45, 7) is 3.88. The fourth-order valence-electron chi connectivity index (χ4n) is 3.92. The maximum absolute atomic E-state index is 12.5. The van der Waals surface area contributed by atoms with E-state index in [0.29, 0.717) is 12.1 Å². The number of hydrogen-bond donors (Lipinski definition) is 2. The molecule has 1 saturated heterocycles. The number of likely N-dealkylation sites (tertiary alicyclic amines) is 1. The lowest BCUT2D eigenvalue weighted by molar-refractivity contribution is -0.125. The highest BCUT2D eigenvalue weighted by Crippen LogP contribution is 2.26. The average Bonchev–Trinajstić information content (AvgIpc) is 3.33. The van der Waals surface area contributed by atoms with Gasteiger partial charge in [-0.1, -0.05) is 6.42 Å². The second-order valence-corrected chi connectivity index (χ2v) is 7.19. The van der Waals surface area contributed by atoms with Crippen molar-refractivity contribution in [3.05, 3.63) is 29.8 Å². The van der Waals surface area contributed by atoms with Crippen LogP contribution in [0.15, 0.2) is 24.3 Å². The van der Waals surface area contributed by atoms with Gasteiger partial charge in [-0.3, -0.25) is 9.59 Å². The normalized spacial score (nSPS) is 23.0. The van der Waals surface area contributed by atoms with Crippen LogP contribution in [-0.2, 0) is 4.79 Å². The van der Waals surface area contributed by atoms with Gasteiger partial charge in [-0.25, -0.2) is 0 Å². The van der Waals surface area contributed by atoms with Crippen molar-refractivity contribution < 1.29 is 14.3 Å². The SMILES string of the molecule is COc1ccc(C(=O)N[C@@H]2CCC[C@@H]2C(=O)NCCN2CCCC2)cc1. The Hall–Kier alpha value is -2.08. The van der Waals surface area contributed by atoms with Crippen molar-refractivity contribution in [2.45, 2.75) is 38.1 Å². The first-order chi connectivity index (χ1) is 12.7. The van der Waals surface area contributed by atoms with Crippen LogP contribution in [0.2, 0.25) is 0 Å². The van der Waals surface area contributed by atoms with E-state index >= 15 is 0 Å². The molecule has 26 heavy (non-hydrogen) atoms. The molecular weight excluding hydrogens is 330 g/mol. The van der Waals surface area contributed by atoms with Crippen molar-refractivity contribution in [3.8, 4) is 5.75 Å². The third-order valence-electron chi connectivity index (χ3n) is 5.45. The number of amides is 2. The molecule has 0 radical (unpaired) electrons. The first-order valence-corrected chi connectivity index (χ1v) is 9.62. The van der Waals surface area contributed by atoms with Crippen molar-refractivity contribution in [2.75, 3.05) is 33.3 Å². The molecule has 3 rings (SSSR count). The summed E-state index contributed by atoms with van der Waals surface area (Å²) in [5.41, 5.74) is 0.589. The van der Waals surface area contributed by atoms with Crippen molar-refractivity contribution in [2.24, 2.45) is 5.92 Å².